The van der Waals surface area contributed by atoms with E-state index in [9.17, 15) is 9.59 Å². The number of hydrogen-bond acceptors (Lipinski definition) is 4. The van der Waals surface area contributed by atoms with Gasteiger partial charge in [0.25, 0.3) is 0 Å². The highest BCUT2D eigenvalue weighted by molar-refractivity contribution is 5.66. The number of rotatable bonds is 4. The van der Waals surface area contributed by atoms with Crippen molar-refractivity contribution < 1.29 is 19.1 Å². The van der Waals surface area contributed by atoms with Gasteiger partial charge in [-0.25, -0.2) is 0 Å². The van der Waals surface area contributed by atoms with Crippen LogP contribution in [0.4, 0.5) is 0 Å². The Morgan fingerprint density at radius 2 is 1.64 bits per heavy atom. The molecule has 0 aromatic carbocycles. The van der Waals surface area contributed by atoms with Crippen molar-refractivity contribution in [1.29, 1.82) is 0 Å². The lowest BCUT2D eigenvalue weighted by Gasteiger charge is -2.69. The van der Waals surface area contributed by atoms with Gasteiger partial charge in [0.1, 0.15) is 0 Å². The van der Waals surface area contributed by atoms with E-state index >= 15 is 0 Å². The molecule has 0 saturated heterocycles. The molecule has 0 radical (unpaired) electrons. The normalized spacial score (nSPS) is 47.0. The third kappa shape index (κ3) is 3.19. The first kappa shape index (κ1) is 20.2. The average molecular weight is 391 g/mol. The molecular weight excluding hydrogens is 352 g/mol. The zero-order valence-electron chi connectivity index (χ0n) is 18.2. The summed E-state index contributed by atoms with van der Waals surface area (Å²) in [6, 6.07) is 0. The number of fused-ring (bicyclic) bond motifs is 3. The van der Waals surface area contributed by atoms with Gasteiger partial charge in [0.2, 0.25) is 0 Å². The van der Waals surface area contributed by atoms with Crippen molar-refractivity contribution in [2.24, 2.45) is 39.9 Å². The van der Waals surface area contributed by atoms with Crippen LogP contribution in [0.3, 0.4) is 0 Å². The van der Waals surface area contributed by atoms with Crippen LogP contribution >= 0.6 is 0 Å². The average Bonchev–Trinajstić information content (AvgIpc) is 2.64. The first-order valence-electron chi connectivity index (χ1n) is 11.5. The molecule has 5 rings (SSSR count). The first-order valence-corrected chi connectivity index (χ1v) is 11.5. The standard InChI is InChI=1S/C24H38O4/c1-16(25)27-14-19-13-24-10-6-18(19)12-21(24)23(4)9-5-8-22(3,15-28-17(2)26)20(23)7-11-24/h18-21H,5-15H2,1-4H3. The molecule has 28 heavy (non-hydrogen) atoms. The van der Waals surface area contributed by atoms with Crippen LogP contribution in [0.2, 0.25) is 0 Å². The van der Waals surface area contributed by atoms with Gasteiger partial charge in [0.05, 0.1) is 13.2 Å². The molecule has 5 aliphatic carbocycles. The molecule has 0 aromatic rings. The molecule has 7 atom stereocenters. The number of hydrogen-bond donors (Lipinski definition) is 0. The molecule has 158 valence electrons. The van der Waals surface area contributed by atoms with Crippen LogP contribution in [0.5, 0.6) is 0 Å². The van der Waals surface area contributed by atoms with Crippen molar-refractivity contribution in [3.05, 3.63) is 0 Å². The lowest BCUT2D eigenvalue weighted by Crippen LogP contribution is -2.61. The van der Waals surface area contributed by atoms with E-state index in [0.717, 1.165) is 5.92 Å². The van der Waals surface area contributed by atoms with E-state index in [1.807, 2.05) is 0 Å². The second kappa shape index (κ2) is 7.02. The minimum absolute atomic E-state index is 0.119. The molecule has 5 fully saturated rings. The van der Waals surface area contributed by atoms with E-state index < -0.39 is 0 Å². The minimum atomic E-state index is -0.147. The SMILES string of the molecule is CC(=O)OCC1CC23CCC1CC2C1(C)CCCC(C)(COC(C)=O)C1CC3. The van der Waals surface area contributed by atoms with Crippen LogP contribution < -0.4 is 0 Å². The Morgan fingerprint density at radius 1 is 0.929 bits per heavy atom. The summed E-state index contributed by atoms with van der Waals surface area (Å²) in [6.07, 6.45) is 11.5. The van der Waals surface area contributed by atoms with E-state index in [1.54, 1.807) is 0 Å². The largest absolute Gasteiger partial charge is 0.466 e. The molecule has 5 aliphatic rings. The third-order valence-corrected chi connectivity index (χ3v) is 9.56. The van der Waals surface area contributed by atoms with Gasteiger partial charge in [-0.1, -0.05) is 20.3 Å². The highest BCUT2D eigenvalue weighted by Crippen LogP contribution is 2.72. The lowest BCUT2D eigenvalue weighted by atomic mass is 9.36. The molecule has 1 spiro atoms. The van der Waals surface area contributed by atoms with Gasteiger partial charge in [-0.2, -0.15) is 0 Å². The third-order valence-electron chi connectivity index (χ3n) is 9.56. The van der Waals surface area contributed by atoms with E-state index in [4.69, 9.17) is 9.47 Å². The summed E-state index contributed by atoms with van der Waals surface area (Å²) in [6.45, 7) is 9.21. The van der Waals surface area contributed by atoms with Crippen LogP contribution in [-0.4, -0.2) is 25.2 Å². The van der Waals surface area contributed by atoms with Gasteiger partial charge < -0.3 is 9.47 Å². The van der Waals surface area contributed by atoms with Crippen LogP contribution in [0.25, 0.3) is 0 Å². The second-order valence-corrected chi connectivity index (χ2v) is 11.1. The predicted octanol–water partition coefficient (Wildman–Crippen LogP) is 5.14. The summed E-state index contributed by atoms with van der Waals surface area (Å²) >= 11 is 0. The van der Waals surface area contributed by atoms with Gasteiger partial charge in [0, 0.05) is 19.3 Å². The Morgan fingerprint density at radius 3 is 2.36 bits per heavy atom. The molecule has 7 unspecified atom stereocenters. The molecule has 5 saturated carbocycles. The molecule has 4 heteroatoms. The highest BCUT2D eigenvalue weighted by Gasteiger charge is 2.64. The van der Waals surface area contributed by atoms with Crippen LogP contribution in [0.15, 0.2) is 0 Å². The van der Waals surface area contributed by atoms with Crippen molar-refractivity contribution in [2.45, 2.75) is 85.5 Å². The Bertz CT molecular complexity index is 645. The van der Waals surface area contributed by atoms with Crippen LogP contribution in [-0.2, 0) is 19.1 Å². The van der Waals surface area contributed by atoms with Crippen LogP contribution in [0, 0.1) is 39.9 Å². The molecule has 0 N–H and O–H groups in total. The zero-order valence-corrected chi connectivity index (χ0v) is 18.2. The van der Waals surface area contributed by atoms with Crippen molar-refractivity contribution in [2.75, 3.05) is 13.2 Å². The maximum atomic E-state index is 11.5. The quantitative estimate of drug-likeness (QED) is 0.624. The number of esters is 2. The Kier molecular flexibility index (Phi) is 5.07. The van der Waals surface area contributed by atoms with E-state index in [0.29, 0.717) is 41.8 Å². The first-order chi connectivity index (χ1) is 13.2. The number of carbonyl (C=O) groups excluding carboxylic acids is 2. The minimum Gasteiger partial charge on any atom is -0.466 e. The lowest BCUT2D eigenvalue weighted by molar-refractivity contribution is -0.208. The molecule has 0 amide bonds. The van der Waals surface area contributed by atoms with E-state index in [2.05, 4.69) is 13.8 Å². The molecule has 4 nitrogen and oxygen atoms in total. The molecule has 2 bridgehead atoms. The van der Waals surface area contributed by atoms with Crippen molar-refractivity contribution in [1.82, 2.24) is 0 Å². The fourth-order valence-corrected chi connectivity index (χ4v) is 8.45. The zero-order chi connectivity index (χ0) is 20.2. The monoisotopic (exact) mass is 390 g/mol. The molecule has 0 aromatic heterocycles. The van der Waals surface area contributed by atoms with Gasteiger partial charge in [0.15, 0.2) is 0 Å². The van der Waals surface area contributed by atoms with Gasteiger partial charge in [-0.3, -0.25) is 9.59 Å². The molecule has 0 aliphatic heterocycles. The van der Waals surface area contributed by atoms with Crippen molar-refractivity contribution in [3.8, 4) is 0 Å². The van der Waals surface area contributed by atoms with E-state index in [1.165, 1.54) is 71.6 Å². The Labute approximate surface area is 170 Å². The van der Waals surface area contributed by atoms with Crippen LogP contribution in [0.1, 0.15) is 85.5 Å². The van der Waals surface area contributed by atoms with E-state index in [-0.39, 0.29) is 17.4 Å². The summed E-state index contributed by atoms with van der Waals surface area (Å²) < 4.78 is 11.0. The Hall–Kier alpha value is -1.06. The fourth-order valence-electron chi connectivity index (χ4n) is 8.45. The number of ether oxygens (including phenoxy) is 2. The summed E-state index contributed by atoms with van der Waals surface area (Å²) in [7, 11) is 0. The summed E-state index contributed by atoms with van der Waals surface area (Å²) in [5, 5.41) is 0. The molecule has 0 heterocycles. The summed E-state index contributed by atoms with van der Waals surface area (Å²) in [4.78, 5) is 22.8. The topological polar surface area (TPSA) is 52.6 Å². The highest BCUT2D eigenvalue weighted by atomic mass is 16.5. The van der Waals surface area contributed by atoms with Gasteiger partial charge in [-0.05, 0) is 85.9 Å². The fraction of sp³-hybridized carbons (Fsp3) is 0.917. The predicted molar refractivity (Wildman–Crippen MR) is 107 cm³/mol. The second-order valence-electron chi connectivity index (χ2n) is 11.1. The van der Waals surface area contributed by atoms with Crippen molar-refractivity contribution in [3.63, 3.8) is 0 Å². The van der Waals surface area contributed by atoms with Crippen molar-refractivity contribution >= 4 is 11.9 Å². The smallest absolute Gasteiger partial charge is 0.302 e. The molecular formula is C24H38O4. The Balaban J connectivity index is 1.56. The maximum absolute atomic E-state index is 11.5. The number of carbonyl (C=O) groups is 2. The summed E-state index contributed by atoms with van der Waals surface area (Å²) in [5.74, 6) is 2.41. The van der Waals surface area contributed by atoms with Gasteiger partial charge >= 0.3 is 11.9 Å². The maximum Gasteiger partial charge on any atom is 0.302 e. The van der Waals surface area contributed by atoms with Gasteiger partial charge in [-0.15, -0.1) is 0 Å². The summed E-state index contributed by atoms with van der Waals surface area (Å²) in [5.41, 5.74) is 0.926.